The summed E-state index contributed by atoms with van der Waals surface area (Å²) in [5.74, 6) is 1.53. The van der Waals surface area contributed by atoms with Gasteiger partial charge in [-0.3, -0.25) is 4.79 Å². The maximum atomic E-state index is 11.1. The molecule has 0 heterocycles. The summed E-state index contributed by atoms with van der Waals surface area (Å²) in [4.78, 5) is 11.1. The Balaban J connectivity index is 3.26. The van der Waals surface area contributed by atoms with E-state index >= 15 is 0 Å². The van der Waals surface area contributed by atoms with Gasteiger partial charge in [-0.1, -0.05) is 13.8 Å². The molecule has 0 rings (SSSR count). The zero-order valence-electron chi connectivity index (χ0n) is 8.51. The van der Waals surface area contributed by atoms with Gasteiger partial charge in [-0.15, -0.1) is 0 Å². The predicted octanol–water partition coefficient (Wildman–Crippen LogP) is 0.983. The van der Waals surface area contributed by atoms with E-state index in [1.807, 2.05) is 6.92 Å². The molecule has 1 amide bonds. The lowest BCUT2D eigenvalue weighted by Crippen LogP contribution is -2.27. The number of carbonyl (C=O) groups is 1. The van der Waals surface area contributed by atoms with Crippen LogP contribution in [0.2, 0.25) is 0 Å². The normalized spacial score (nSPS) is 12.5. The molecule has 0 saturated carbocycles. The SMILES string of the molecule is CCCNC(=O)CSCC(N)CC. The maximum Gasteiger partial charge on any atom is 0.229 e. The molecule has 1 unspecified atom stereocenters. The van der Waals surface area contributed by atoms with E-state index < -0.39 is 0 Å². The number of nitrogens with two attached hydrogens (primary N) is 1. The molecule has 4 heteroatoms. The largest absolute Gasteiger partial charge is 0.355 e. The fourth-order valence-corrected chi connectivity index (χ4v) is 1.68. The van der Waals surface area contributed by atoms with Crippen LogP contribution in [0.3, 0.4) is 0 Å². The molecule has 1 atom stereocenters. The molecule has 0 radical (unpaired) electrons. The van der Waals surface area contributed by atoms with Crippen molar-refractivity contribution in [3.63, 3.8) is 0 Å². The van der Waals surface area contributed by atoms with Crippen LogP contribution in [0.5, 0.6) is 0 Å². The maximum absolute atomic E-state index is 11.1. The van der Waals surface area contributed by atoms with Gasteiger partial charge in [0.2, 0.25) is 5.91 Å². The Bertz CT molecular complexity index is 142. The minimum absolute atomic E-state index is 0.121. The molecule has 0 aromatic carbocycles. The second-order valence-electron chi connectivity index (χ2n) is 3.03. The number of nitrogens with one attached hydrogen (secondary N) is 1. The Hall–Kier alpha value is -0.220. The Labute approximate surface area is 84.8 Å². The molecule has 0 aromatic rings. The highest BCUT2D eigenvalue weighted by molar-refractivity contribution is 7.99. The molecule has 0 fully saturated rings. The first-order chi connectivity index (χ1) is 6.20. The van der Waals surface area contributed by atoms with Crippen LogP contribution in [0, 0.1) is 0 Å². The highest BCUT2D eigenvalue weighted by Crippen LogP contribution is 2.02. The first-order valence-electron chi connectivity index (χ1n) is 4.80. The smallest absolute Gasteiger partial charge is 0.229 e. The van der Waals surface area contributed by atoms with Crippen LogP contribution in [0.4, 0.5) is 0 Å². The summed E-state index contributed by atoms with van der Waals surface area (Å²) in [5.41, 5.74) is 5.71. The van der Waals surface area contributed by atoms with Crippen LogP contribution >= 0.6 is 11.8 Å². The van der Waals surface area contributed by atoms with Gasteiger partial charge in [-0.05, 0) is 12.8 Å². The molecule has 0 aromatic heterocycles. The zero-order chi connectivity index (χ0) is 10.1. The molecule has 0 saturated heterocycles. The Morgan fingerprint density at radius 1 is 1.54 bits per heavy atom. The first kappa shape index (κ1) is 12.8. The van der Waals surface area contributed by atoms with Crippen LogP contribution in [-0.2, 0) is 4.79 Å². The fourth-order valence-electron chi connectivity index (χ4n) is 0.736. The van der Waals surface area contributed by atoms with E-state index in [0.717, 1.165) is 25.1 Å². The van der Waals surface area contributed by atoms with Gasteiger partial charge in [-0.2, -0.15) is 11.8 Å². The number of thioether (sulfide) groups is 1. The minimum atomic E-state index is 0.121. The Kier molecular flexibility index (Phi) is 8.24. The van der Waals surface area contributed by atoms with E-state index in [1.165, 1.54) is 0 Å². The summed E-state index contributed by atoms with van der Waals surface area (Å²) in [6.07, 6.45) is 1.97. The summed E-state index contributed by atoms with van der Waals surface area (Å²) in [7, 11) is 0. The van der Waals surface area contributed by atoms with E-state index in [4.69, 9.17) is 5.73 Å². The van der Waals surface area contributed by atoms with Crippen LogP contribution in [0.25, 0.3) is 0 Å². The number of carbonyl (C=O) groups excluding carboxylic acids is 1. The van der Waals surface area contributed by atoms with E-state index in [2.05, 4.69) is 12.2 Å². The van der Waals surface area contributed by atoms with Crippen LogP contribution in [0.1, 0.15) is 26.7 Å². The van der Waals surface area contributed by atoms with Crippen LogP contribution in [0.15, 0.2) is 0 Å². The molecule has 0 aliphatic carbocycles. The third kappa shape index (κ3) is 8.12. The van der Waals surface area contributed by atoms with Crippen LogP contribution in [-0.4, -0.2) is 30.0 Å². The lowest BCUT2D eigenvalue weighted by atomic mass is 10.3. The first-order valence-corrected chi connectivity index (χ1v) is 5.96. The molecular formula is C9H20N2OS. The van der Waals surface area contributed by atoms with Gasteiger partial charge < -0.3 is 11.1 Å². The average molecular weight is 204 g/mol. The van der Waals surface area contributed by atoms with Gasteiger partial charge >= 0.3 is 0 Å². The quantitative estimate of drug-likeness (QED) is 0.650. The van der Waals surface area contributed by atoms with E-state index in [9.17, 15) is 4.79 Å². The molecule has 0 aliphatic heterocycles. The van der Waals surface area contributed by atoms with Crippen molar-refractivity contribution in [2.24, 2.45) is 5.73 Å². The van der Waals surface area contributed by atoms with Gasteiger partial charge in [0.1, 0.15) is 0 Å². The van der Waals surface area contributed by atoms with Crippen molar-refractivity contribution in [1.82, 2.24) is 5.32 Å². The minimum Gasteiger partial charge on any atom is -0.355 e. The molecule has 0 bridgehead atoms. The summed E-state index contributed by atoms with van der Waals surface area (Å²) >= 11 is 1.61. The molecule has 3 N–H and O–H groups in total. The highest BCUT2D eigenvalue weighted by Gasteiger charge is 2.02. The van der Waals surface area contributed by atoms with Crippen molar-refractivity contribution in [3.8, 4) is 0 Å². The Morgan fingerprint density at radius 3 is 2.77 bits per heavy atom. The zero-order valence-corrected chi connectivity index (χ0v) is 9.32. The number of hydrogen-bond acceptors (Lipinski definition) is 3. The fraction of sp³-hybridized carbons (Fsp3) is 0.889. The third-order valence-electron chi connectivity index (χ3n) is 1.66. The summed E-state index contributed by atoms with van der Waals surface area (Å²) in [6.45, 7) is 4.88. The van der Waals surface area contributed by atoms with Crippen LogP contribution < -0.4 is 11.1 Å². The van der Waals surface area contributed by atoms with E-state index in [1.54, 1.807) is 11.8 Å². The average Bonchev–Trinajstić information content (AvgIpc) is 2.14. The lowest BCUT2D eigenvalue weighted by molar-refractivity contribution is -0.118. The van der Waals surface area contributed by atoms with Gasteiger partial charge in [0.25, 0.3) is 0 Å². The van der Waals surface area contributed by atoms with Gasteiger partial charge in [0.15, 0.2) is 0 Å². The predicted molar refractivity (Wildman–Crippen MR) is 58.9 cm³/mol. The Morgan fingerprint density at radius 2 is 2.23 bits per heavy atom. The van der Waals surface area contributed by atoms with Crippen molar-refractivity contribution < 1.29 is 4.79 Å². The highest BCUT2D eigenvalue weighted by atomic mass is 32.2. The van der Waals surface area contributed by atoms with Gasteiger partial charge in [-0.25, -0.2) is 0 Å². The summed E-state index contributed by atoms with van der Waals surface area (Å²) < 4.78 is 0. The van der Waals surface area contributed by atoms with Crippen molar-refractivity contribution in [1.29, 1.82) is 0 Å². The van der Waals surface area contributed by atoms with Crippen molar-refractivity contribution in [2.75, 3.05) is 18.1 Å². The lowest BCUT2D eigenvalue weighted by Gasteiger charge is -2.07. The number of amides is 1. The summed E-state index contributed by atoms with van der Waals surface area (Å²) in [5, 5.41) is 2.82. The second kappa shape index (κ2) is 8.38. The summed E-state index contributed by atoms with van der Waals surface area (Å²) in [6, 6.07) is 0.226. The monoisotopic (exact) mass is 204 g/mol. The van der Waals surface area contributed by atoms with E-state index in [-0.39, 0.29) is 11.9 Å². The van der Waals surface area contributed by atoms with Gasteiger partial charge in [0.05, 0.1) is 5.75 Å². The van der Waals surface area contributed by atoms with Crippen molar-refractivity contribution in [3.05, 3.63) is 0 Å². The number of hydrogen-bond donors (Lipinski definition) is 2. The number of rotatable bonds is 7. The molecular weight excluding hydrogens is 184 g/mol. The third-order valence-corrected chi connectivity index (χ3v) is 2.79. The topological polar surface area (TPSA) is 55.1 Å². The van der Waals surface area contributed by atoms with Crippen molar-refractivity contribution in [2.45, 2.75) is 32.7 Å². The second-order valence-corrected chi connectivity index (χ2v) is 4.06. The molecule has 78 valence electrons. The standard InChI is InChI=1S/C9H20N2OS/c1-3-5-11-9(12)7-13-6-8(10)4-2/h8H,3-7,10H2,1-2H3,(H,11,12). The van der Waals surface area contributed by atoms with E-state index in [0.29, 0.717) is 5.75 Å². The molecule has 0 spiro atoms. The molecule has 13 heavy (non-hydrogen) atoms. The molecule has 3 nitrogen and oxygen atoms in total. The molecule has 0 aliphatic rings. The van der Waals surface area contributed by atoms with Crippen molar-refractivity contribution >= 4 is 17.7 Å². The van der Waals surface area contributed by atoms with Gasteiger partial charge in [0, 0.05) is 18.3 Å².